The third kappa shape index (κ3) is 4.94. The first-order valence-electron chi connectivity index (χ1n) is 10.6. The van der Waals surface area contributed by atoms with Crippen molar-refractivity contribution in [3.63, 3.8) is 0 Å². The van der Waals surface area contributed by atoms with Crippen molar-refractivity contribution in [2.75, 3.05) is 42.3 Å². The van der Waals surface area contributed by atoms with Crippen LogP contribution in [0.25, 0.3) is 11.4 Å². The van der Waals surface area contributed by atoms with Crippen LogP contribution in [0.15, 0.2) is 47.6 Å². The maximum Gasteiger partial charge on any atom is 0.234 e. The average Bonchev–Trinajstić information content (AvgIpc) is 3.21. The number of amides is 1. The summed E-state index contributed by atoms with van der Waals surface area (Å²) in [6, 6.07) is 12.8. The number of anilines is 2. The van der Waals surface area contributed by atoms with Gasteiger partial charge in [0.1, 0.15) is 5.82 Å². The van der Waals surface area contributed by atoms with Crippen LogP contribution in [0.3, 0.4) is 0 Å². The maximum absolute atomic E-state index is 14.6. The van der Waals surface area contributed by atoms with Gasteiger partial charge in [-0.2, -0.15) is 0 Å². The van der Waals surface area contributed by atoms with E-state index in [9.17, 15) is 9.18 Å². The number of carbonyl (C=O) groups excluding carboxylic acids is 1. The number of aromatic nitrogens is 3. The van der Waals surface area contributed by atoms with E-state index >= 15 is 0 Å². The monoisotopic (exact) mass is 455 g/mol. The molecule has 0 aliphatic carbocycles. The molecule has 0 atom stereocenters. The van der Waals surface area contributed by atoms with Gasteiger partial charge in [0.25, 0.3) is 0 Å². The molecule has 7 nitrogen and oxygen atoms in total. The quantitative estimate of drug-likeness (QED) is 0.544. The standard InChI is InChI=1S/C23H26FN5O2S/c1-3-29-22(18-7-5-4-6-16(18)2)26-27-23(29)32-15-21(30)25-17-8-9-20(19(24)14-17)28-10-12-31-13-11-28/h4-9,14H,3,10-13,15H2,1-2H3,(H,25,30). The largest absolute Gasteiger partial charge is 0.378 e. The molecular weight excluding hydrogens is 429 g/mol. The Labute approximate surface area is 191 Å². The summed E-state index contributed by atoms with van der Waals surface area (Å²) >= 11 is 1.31. The van der Waals surface area contributed by atoms with Crippen molar-refractivity contribution in [2.45, 2.75) is 25.5 Å². The van der Waals surface area contributed by atoms with Crippen LogP contribution in [0.2, 0.25) is 0 Å². The number of halogens is 1. The van der Waals surface area contributed by atoms with Crippen LogP contribution in [0.4, 0.5) is 15.8 Å². The highest BCUT2D eigenvalue weighted by atomic mass is 32.2. The molecule has 9 heteroatoms. The number of rotatable bonds is 7. The molecular formula is C23H26FN5O2S. The van der Waals surface area contributed by atoms with Crippen LogP contribution in [0.1, 0.15) is 12.5 Å². The van der Waals surface area contributed by atoms with Crippen LogP contribution in [0.5, 0.6) is 0 Å². The number of aryl methyl sites for hydroxylation is 1. The van der Waals surface area contributed by atoms with Gasteiger partial charge in [-0.15, -0.1) is 10.2 Å². The van der Waals surface area contributed by atoms with Crippen molar-refractivity contribution < 1.29 is 13.9 Å². The summed E-state index contributed by atoms with van der Waals surface area (Å²) in [5.41, 5.74) is 3.10. The summed E-state index contributed by atoms with van der Waals surface area (Å²) in [6.45, 7) is 7.23. The second-order valence-corrected chi connectivity index (χ2v) is 8.41. The van der Waals surface area contributed by atoms with E-state index in [2.05, 4.69) is 15.5 Å². The maximum atomic E-state index is 14.6. The first kappa shape index (κ1) is 22.3. The number of ether oxygens (including phenoxy) is 1. The highest BCUT2D eigenvalue weighted by Crippen LogP contribution is 2.27. The summed E-state index contributed by atoms with van der Waals surface area (Å²) in [6.07, 6.45) is 0. The summed E-state index contributed by atoms with van der Waals surface area (Å²) in [4.78, 5) is 14.4. The zero-order valence-electron chi connectivity index (χ0n) is 18.2. The molecule has 1 N–H and O–H groups in total. The summed E-state index contributed by atoms with van der Waals surface area (Å²) in [5.74, 6) is 0.357. The summed E-state index contributed by atoms with van der Waals surface area (Å²) in [5, 5.41) is 12.1. The number of hydrogen-bond donors (Lipinski definition) is 1. The number of morpholine rings is 1. The molecule has 0 spiro atoms. The van der Waals surface area contributed by atoms with Crippen molar-refractivity contribution in [1.82, 2.24) is 14.8 Å². The average molecular weight is 456 g/mol. The third-order valence-electron chi connectivity index (χ3n) is 5.33. The first-order valence-corrected chi connectivity index (χ1v) is 11.6. The lowest BCUT2D eigenvalue weighted by molar-refractivity contribution is -0.113. The van der Waals surface area contributed by atoms with Crippen molar-refractivity contribution in [3.8, 4) is 11.4 Å². The lowest BCUT2D eigenvalue weighted by Gasteiger charge is -2.29. The van der Waals surface area contributed by atoms with Gasteiger partial charge in [-0.05, 0) is 37.6 Å². The molecule has 1 aliphatic rings. The second kappa shape index (κ2) is 10.1. The van der Waals surface area contributed by atoms with Crippen molar-refractivity contribution in [1.29, 1.82) is 0 Å². The Kier molecular flexibility index (Phi) is 7.06. The van der Waals surface area contributed by atoms with Gasteiger partial charge < -0.3 is 19.5 Å². The molecule has 2 aromatic carbocycles. The Morgan fingerprint density at radius 1 is 1.19 bits per heavy atom. The highest BCUT2D eigenvalue weighted by molar-refractivity contribution is 7.99. The van der Waals surface area contributed by atoms with E-state index in [0.717, 1.165) is 17.0 Å². The third-order valence-corrected chi connectivity index (χ3v) is 6.30. The lowest BCUT2D eigenvalue weighted by Crippen LogP contribution is -2.36. The van der Waals surface area contributed by atoms with Gasteiger partial charge in [-0.3, -0.25) is 4.79 Å². The van der Waals surface area contributed by atoms with E-state index in [0.29, 0.717) is 49.4 Å². The van der Waals surface area contributed by atoms with Gasteiger partial charge in [-0.25, -0.2) is 4.39 Å². The van der Waals surface area contributed by atoms with Crippen LogP contribution in [-0.2, 0) is 16.1 Å². The topological polar surface area (TPSA) is 72.3 Å². The molecule has 0 unspecified atom stereocenters. The second-order valence-electron chi connectivity index (χ2n) is 7.47. The van der Waals surface area contributed by atoms with E-state index in [1.54, 1.807) is 12.1 Å². The normalized spacial score (nSPS) is 13.9. The SMILES string of the molecule is CCn1c(SCC(=O)Nc2ccc(N3CCOCC3)c(F)c2)nnc1-c1ccccc1C. The zero-order chi connectivity index (χ0) is 22.5. The summed E-state index contributed by atoms with van der Waals surface area (Å²) < 4.78 is 21.9. The van der Waals surface area contributed by atoms with E-state index in [4.69, 9.17) is 4.74 Å². The number of thioether (sulfide) groups is 1. The van der Waals surface area contributed by atoms with Crippen LogP contribution in [-0.4, -0.2) is 52.7 Å². The minimum Gasteiger partial charge on any atom is -0.378 e. The number of hydrogen-bond acceptors (Lipinski definition) is 6. The van der Waals surface area contributed by atoms with Crippen molar-refractivity contribution in [3.05, 3.63) is 53.8 Å². The summed E-state index contributed by atoms with van der Waals surface area (Å²) in [7, 11) is 0. The molecule has 0 radical (unpaired) electrons. The minimum absolute atomic E-state index is 0.152. The Morgan fingerprint density at radius 2 is 1.97 bits per heavy atom. The molecule has 1 aromatic heterocycles. The molecule has 1 aliphatic heterocycles. The van der Waals surface area contributed by atoms with Gasteiger partial charge in [0.15, 0.2) is 11.0 Å². The molecule has 3 aromatic rings. The molecule has 0 bridgehead atoms. The first-order chi connectivity index (χ1) is 15.6. The smallest absolute Gasteiger partial charge is 0.234 e. The molecule has 1 saturated heterocycles. The van der Waals surface area contributed by atoms with E-state index < -0.39 is 0 Å². The number of nitrogens with zero attached hydrogens (tertiary/aromatic N) is 4. The Balaban J connectivity index is 1.39. The number of benzene rings is 2. The molecule has 0 saturated carbocycles. The fourth-order valence-corrected chi connectivity index (χ4v) is 4.48. The van der Waals surface area contributed by atoms with Crippen LogP contribution >= 0.6 is 11.8 Å². The Morgan fingerprint density at radius 3 is 2.69 bits per heavy atom. The zero-order valence-corrected chi connectivity index (χ0v) is 19.0. The van der Waals surface area contributed by atoms with E-state index in [1.807, 2.05) is 47.6 Å². The molecule has 32 heavy (non-hydrogen) atoms. The fraction of sp³-hybridized carbons (Fsp3) is 0.348. The van der Waals surface area contributed by atoms with E-state index in [1.165, 1.54) is 17.8 Å². The number of carbonyl (C=O) groups is 1. The van der Waals surface area contributed by atoms with Gasteiger partial charge >= 0.3 is 0 Å². The van der Waals surface area contributed by atoms with Crippen molar-refractivity contribution >= 4 is 29.0 Å². The van der Waals surface area contributed by atoms with Crippen LogP contribution in [0, 0.1) is 12.7 Å². The predicted molar refractivity (Wildman–Crippen MR) is 125 cm³/mol. The predicted octanol–water partition coefficient (Wildman–Crippen LogP) is 3.98. The molecule has 1 amide bonds. The van der Waals surface area contributed by atoms with Gasteiger partial charge in [-0.1, -0.05) is 36.0 Å². The van der Waals surface area contributed by atoms with Gasteiger partial charge in [0.2, 0.25) is 5.91 Å². The fourth-order valence-electron chi connectivity index (χ4n) is 3.68. The van der Waals surface area contributed by atoms with E-state index in [-0.39, 0.29) is 17.5 Å². The van der Waals surface area contributed by atoms with Gasteiger partial charge in [0.05, 0.1) is 24.7 Å². The molecule has 1 fully saturated rings. The molecule has 4 rings (SSSR count). The highest BCUT2D eigenvalue weighted by Gasteiger charge is 2.18. The van der Waals surface area contributed by atoms with Crippen LogP contribution < -0.4 is 10.2 Å². The Bertz CT molecular complexity index is 1100. The van der Waals surface area contributed by atoms with Gasteiger partial charge in [0, 0.05) is 30.9 Å². The minimum atomic E-state index is -0.356. The number of nitrogens with one attached hydrogen (secondary N) is 1. The Hall–Kier alpha value is -2.91. The van der Waals surface area contributed by atoms with Crippen molar-refractivity contribution in [2.24, 2.45) is 0 Å². The lowest BCUT2D eigenvalue weighted by atomic mass is 10.1. The molecule has 168 valence electrons. The molecule has 2 heterocycles.